The first kappa shape index (κ1) is 11.8. The molecule has 0 aromatic heterocycles. The molecule has 2 bridgehead atoms. The van der Waals surface area contributed by atoms with Gasteiger partial charge in [-0.05, 0) is 0 Å². The normalized spacial score (nSPS) is 26.9. The van der Waals surface area contributed by atoms with Crippen LogP contribution in [-0.4, -0.2) is 15.0 Å². The Kier molecular flexibility index (Phi) is 2.79. The SMILES string of the molecule is CCCC1[Se]C2c3ccccc3C1c1ccccc12. The average Bonchev–Trinajstić information content (AvgIpc) is 2.48. The molecule has 0 saturated carbocycles. The average molecular weight is 313 g/mol. The maximum atomic E-state index is 2.38. The summed E-state index contributed by atoms with van der Waals surface area (Å²) in [6.45, 7) is 2.33. The molecule has 1 unspecified atom stereocenters. The van der Waals surface area contributed by atoms with Crippen molar-refractivity contribution in [3.8, 4) is 0 Å². The Morgan fingerprint density at radius 1 is 0.842 bits per heavy atom. The predicted molar refractivity (Wildman–Crippen MR) is 81.0 cm³/mol. The van der Waals surface area contributed by atoms with Crippen LogP contribution in [0.4, 0.5) is 0 Å². The molecule has 0 nitrogen and oxygen atoms in total. The van der Waals surface area contributed by atoms with Gasteiger partial charge in [-0.25, -0.2) is 0 Å². The molecule has 0 radical (unpaired) electrons. The van der Waals surface area contributed by atoms with Gasteiger partial charge in [-0.3, -0.25) is 0 Å². The molecular formula is C18H18Se. The van der Waals surface area contributed by atoms with Gasteiger partial charge in [0.2, 0.25) is 0 Å². The summed E-state index contributed by atoms with van der Waals surface area (Å²) in [7, 11) is 0. The first-order valence-corrected chi connectivity index (χ1v) is 9.21. The molecule has 2 aromatic rings. The van der Waals surface area contributed by atoms with E-state index in [2.05, 4.69) is 55.5 Å². The van der Waals surface area contributed by atoms with Gasteiger partial charge in [0.15, 0.2) is 0 Å². The molecule has 2 aliphatic heterocycles. The van der Waals surface area contributed by atoms with Gasteiger partial charge in [0, 0.05) is 0 Å². The second-order valence-corrected chi connectivity index (χ2v) is 8.41. The summed E-state index contributed by atoms with van der Waals surface area (Å²) < 4.78 is 0. The molecule has 5 rings (SSSR count). The van der Waals surface area contributed by atoms with Crippen molar-refractivity contribution in [3.63, 3.8) is 0 Å². The van der Waals surface area contributed by atoms with Gasteiger partial charge in [-0.1, -0.05) is 0 Å². The van der Waals surface area contributed by atoms with Crippen molar-refractivity contribution in [2.75, 3.05) is 0 Å². The number of hydrogen-bond donors (Lipinski definition) is 0. The fourth-order valence-corrected chi connectivity index (χ4v) is 7.69. The van der Waals surface area contributed by atoms with E-state index in [1.807, 2.05) is 0 Å². The first-order chi connectivity index (χ1) is 9.40. The molecular weight excluding hydrogens is 295 g/mol. The summed E-state index contributed by atoms with van der Waals surface area (Å²) in [5.41, 5.74) is 6.49. The summed E-state index contributed by atoms with van der Waals surface area (Å²) in [4.78, 5) is 1.62. The first-order valence-electron chi connectivity index (χ1n) is 7.23. The molecule has 0 spiro atoms. The zero-order valence-electron chi connectivity index (χ0n) is 11.2. The van der Waals surface area contributed by atoms with E-state index in [1.54, 1.807) is 22.3 Å². The van der Waals surface area contributed by atoms with Crippen LogP contribution in [0.15, 0.2) is 48.5 Å². The van der Waals surface area contributed by atoms with Gasteiger partial charge in [-0.2, -0.15) is 0 Å². The minimum atomic E-state index is 0.678. The molecule has 1 aliphatic carbocycles. The summed E-state index contributed by atoms with van der Waals surface area (Å²) in [5, 5.41) is 0. The fourth-order valence-electron chi connectivity index (χ4n) is 3.72. The van der Waals surface area contributed by atoms with Gasteiger partial charge in [0.05, 0.1) is 0 Å². The summed E-state index contributed by atoms with van der Waals surface area (Å²) >= 11 is 0.726. The van der Waals surface area contributed by atoms with Crippen molar-refractivity contribution in [2.24, 2.45) is 0 Å². The third kappa shape index (κ3) is 1.65. The van der Waals surface area contributed by atoms with Crippen molar-refractivity contribution in [1.29, 1.82) is 0 Å². The van der Waals surface area contributed by atoms with Crippen LogP contribution < -0.4 is 0 Å². The Morgan fingerprint density at radius 2 is 1.37 bits per heavy atom. The van der Waals surface area contributed by atoms with E-state index < -0.39 is 0 Å². The van der Waals surface area contributed by atoms with Gasteiger partial charge in [0.1, 0.15) is 0 Å². The zero-order valence-corrected chi connectivity index (χ0v) is 12.9. The molecule has 2 heterocycles. The van der Waals surface area contributed by atoms with Crippen LogP contribution in [0, 0.1) is 0 Å². The molecule has 1 heteroatoms. The zero-order chi connectivity index (χ0) is 12.8. The quantitative estimate of drug-likeness (QED) is 0.715. The molecule has 0 saturated heterocycles. The minimum absolute atomic E-state index is 0.678. The Hall–Kier alpha value is -1.04. The van der Waals surface area contributed by atoms with Crippen LogP contribution in [0.1, 0.15) is 52.8 Å². The fraction of sp³-hybridized carbons (Fsp3) is 0.333. The standard InChI is InChI=1S/C18H18Se/c1-2-7-16-17-12-8-3-5-10-14(12)18(19-16)15-11-6-4-9-13(15)17/h3-6,8-11,16-18H,2,7H2,1H3. The van der Waals surface area contributed by atoms with Crippen LogP contribution >= 0.6 is 0 Å². The Bertz CT molecular complexity index is 569. The Morgan fingerprint density at radius 3 is 1.89 bits per heavy atom. The summed E-state index contributed by atoms with van der Waals surface area (Å²) in [6.07, 6.45) is 2.71. The molecule has 2 aromatic carbocycles. The van der Waals surface area contributed by atoms with Crippen molar-refractivity contribution >= 4 is 15.0 Å². The van der Waals surface area contributed by atoms with Crippen molar-refractivity contribution in [1.82, 2.24) is 0 Å². The van der Waals surface area contributed by atoms with E-state index in [1.165, 1.54) is 12.8 Å². The van der Waals surface area contributed by atoms with Gasteiger partial charge < -0.3 is 0 Å². The molecule has 19 heavy (non-hydrogen) atoms. The number of hydrogen-bond acceptors (Lipinski definition) is 0. The second kappa shape index (κ2) is 4.51. The van der Waals surface area contributed by atoms with Crippen molar-refractivity contribution in [3.05, 3.63) is 70.8 Å². The van der Waals surface area contributed by atoms with E-state index >= 15 is 0 Å². The molecule has 3 aliphatic rings. The van der Waals surface area contributed by atoms with Crippen molar-refractivity contribution in [2.45, 2.75) is 35.3 Å². The number of fused-ring (bicyclic) bond motifs is 1. The van der Waals surface area contributed by atoms with Crippen LogP contribution in [0.2, 0.25) is 4.82 Å². The van der Waals surface area contributed by atoms with E-state index in [-0.39, 0.29) is 0 Å². The molecule has 0 N–H and O–H groups in total. The van der Waals surface area contributed by atoms with Crippen LogP contribution in [0.25, 0.3) is 0 Å². The monoisotopic (exact) mass is 314 g/mol. The van der Waals surface area contributed by atoms with Crippen molar-refractivity contribution < 1.29 is 0 Å². The van der Waals surface area contributed by atoms with E-state index in [4.69, 9.17) is 0 Å². The maximum absolute atomic E-state index is 2.38. The third-order valence-corrected chi connectivity index (χ3v) is 7.92. The van der Waals surface area contributed by atoms with E-state index in [0.29, 0.717) is 10.7 Å². The van der Waals surface area contributed by atoms with E-state index in [9.17, 15) is 0 Å². The Balaban J connectivity index is 1.93. The summed E-state index contributed by atoms with van der Waals surface area (Å²) in [6, 6.07) is 18.4. The molecule has 96 valence electrons. The van der Waals surface area contributed by atoms with Gasteiger partial charge in [0.25, 0.3) is 0 Å². The Labute approximate surface area is 121 Å². The van der Waals surface area contributed by atoms with Gasteiger partial charge in [-0.15, -0.1) is 0 Å². The van der Waals surface area contributed by atoms with Gasteiger partial charge >= 0.3 is 121 Å². The molecule has 0 amide bonds. The number of rotatable bonds is 2. The third-order valence-electron chi connectivity index (χ3n) is 4.48. The second-order valence-electron chi connectivity index (χ2n) is 5.58. The molecule has 0 fully saturated rings. The van der Waals surface area contributed by atoms with E-state index in [0.717, 1.165) is 19.8 Å². The topological polar surface area (TPSA) is 0 Å². The summed E-state index contributed by atoms with van der Waals surface area (Å²) in [5.74, 6) is 0.678. The van der Waals surface area contributed by atoms with Crippen LogP contribution in [0.3, 0.4) is 0 Å². The molecule has 1 atom stereocenters. The number of benzene rings is 2. The predicted octanol–water partition coefficient (Wildman–Crippen LogP) is 4.53. The van der Waals surface area contributed by atoms with Crippen LogP contribution in [-0.2, 0) is 0 Å². The van der Waals surface area contributed by atoms with Crippen LogP contribution in [0.5, 0.6) is 0 Å².